The lowest BCUT2D eigenvalue weighted by molar-refractivity contribution is -0.134. The molecule has 1 amide bonds. The molecular formula is C21H29N5O3. The Hall–Kier alpha value is -2.74. The molecule has 0 radical (unpaired) electrons. The minimum Gasteiger partial charge on any atom is -0.383 e. The van der Waals surface area contributed by atoms with Gasteiger partial charge in [0.15, 0.2) is 0 Å². The minimum atomic E-state index is -0.260. The van der Waals surface area contributed by atoms with Crippen molar-refractivity contribution in [3.63, 3.8) is 0 Å². The number of hydrogen-bond acceptors (Lipinski definition) is 6. The van der Waals surface area contributed by atoms with Crippen LogP contribution in [0.25, 0.3) is 0 Å². The third-order valence-electron chi connectivity index (χ3n) is 5.49. The molecule has 0 unspecified atom stereocenters. The topological polar surface area (TPSA) is 80.6 Å². The number of aromatic nitrogens is 3. The average Bonchev–Trinajstić information content (AvgIpc) is 2.77. The zero-order chi connectivity index (χ0) is 20.8. The van der Waals surface area contributed by atoms with E-state index in [1.165, 1.54) is 4.68 Å². The quantitative estimate of drug-likeness (QED) is 0.705. The molecule has 1 saturated heterocycles. The molecule has 3 rings (SSSR count). The number of carbonyl (C=O) groups excluding carboxylic acids is 1. The number of hydrogen-bond donors (Lipinski definition) is 0. The van der Waals surface area contributed by atoms with Crippen molar-refractivity contribution in [2.45, 2.75) is 31.7 Å². The Bertz CT molecular complexity index is 870. The normalized spacial score (nSPS) is 17.8. The Balaban J connectivity index is 1.70. The van der Waals surface area contributed by atoms with E-state index in [0.717, 1.165) is 24.1 Å². The van der Waals surface area contributed by atoms with Gasteiger partial charge in [-0.3, -0.25) is 14.6 Å². The van der Waals surface area contributed by atoms with Gasteiger partial charge in [-0.2, -0.15) is 5.10 Å². The molecule has 0 N–H and O–H groups in total. The molecule has 1 fully saturated rings. The summed E-state index contributed by atoms with van der Waals surface area (Å²) in [6, 6.07) is 5.25. The van der Waals surface area contributed by atoms with Gasteiger partial charge < -0.3 is 14.5 Å². The lowest BCUT2D eigenvalue weighted by atomic mass is 9.99. The standard InChI is InChI=1S/C21H29N5O3/c1-16(17-6-4-8-22-13-17)21(28)25-9-5-7-18(15-25)26-20(27)12-19(14-23-26)24(2)10-11-29-3/h4,6,8,12-14,16,18H,5,7,9-11,15H2,1-3H3/t16-,18+/m0/s1. The number of ether oxygens (including phenoxy) is 1. The number of likely N-dealkylation sites (N-methyl/N-ethyl adjacent to an activating group) is 1. The van der Waals surface area contributed by atoms with Crippen LogP contribution in [0.15, 0.2) is 41.6 Å². The maximum absolute atomic E-state index is 13.0. The SMILES string of the molecule is COCCN(C)c1cnn([C@@H]2CCCN(C(=O)[C@@H](C)c3cccnc3)C2)c(=O)c1. The lowest BCUT2D eigenvalue weighted by Gasteiger charge is -2.34. The summed E-state index contributed by atoms with van der Waals surface area (Å²) in [6.45, 7) is 4.35. The number of methoxy groups -OCH3 is 1. The van der Waals surface area contributed by atoms with E-state index in [1.807, 2.05) is 35.9 Å². The van der Waals surface area contributed by atoms with Gasteiger partial charge in [-0.25, -0.2) is 4.68 Å². The zero-order valence-electron chi connectivity index (χ0n) is 17.3. The number of rotatable bonds is 7. The van der Waals surface area contributed by atoms with Gasteiger partial charge in [0.1, 0.15) is 0 Å². The molecule has 2 aromatic heterocycles. The molecule has 3 heterocycles. The maximum atomic E-state index is 13.0. The van der Waals surface area contributed by atoms with Crippen LogP contribution >= 0.6 is 0 Å². The van der Waals surface area contributed by atoms with Gasteiger partial charge in [0, 0.05) is 52.3 Å². The van der Waals surface area contributed by atoms with Gasteiger partial charge in [0.05, 0.1) is 30.5 Å². The molecule has 1 aliphatic heterocycles. The number of pyridine rings is 1. The van der Waals surface area contributed by atoms with Gasteiger partial charge >= 0.3 is 0 Å². The molecule has 2 aromatic rings. The van der Waals surface area contributed by atoms with Crippen molar-refractivity contribution in [3.8, 4) is 0 Å². The summed E-state index contributed by atoms with van der Waals surface area (Å²) in [5.41, 5.74) is 1.52. The Morgan fingerprint density at radius 3 is 2.93 bits per heavy atom. The van der Waals surface area contributed by atoms with E-state index < -0.39 is 0 Å². The summed E-state index contributed by atoms with van der Waals surface area (Å²) in [5, 5.41) is 4.40. The summed E-state index contributed by atoms with van der Waals surface area (Å²) in [6.07, 6.45) is 6.81. The van der Waals surface area contributed by atoms with Crippen LogP contribution in [0.5, 0.6) is 0 Å². The molecule has 1 aliphatic rings. The molecule has 8 nitrogen and oxygen atoms in total. The van der Waals surface area contributed by atoms with E-state index >= 15 is 0 Å². The molecule has 29 heavy (non-hydrogen) atoms. The van der Waals surface area contributed by atoms with Crippen LogP contribution in [0.3, 0.4) is 0 Å². The highest BCUT2D eigenvalue weighted by molar-refractivity contribution is 5.83. The van der Waals surface area contributed by atoms with Crippen LogP contribution in [-0.2, 0) is 9.53 Å². The maximum Gasteiger partial charge on any atom is 0.269 e. The molecule has 2 atom stereocenters. The second-order valence-electron chi connectivity index (χ2n) is 7.50. The first-order valence-electron chi connectivity index (χ1n) is 9.99. The first kappa shape index (κ1) is 21.0. The first-order valence-corrected chi connectivity index (χ1v) is 9.99. The van der Waals surface area contributed by atoms with Crippen molar-refractivity contribution in [1.82, 2.24) is 19.7 Å². The number of piperidine rings is 1. The molecule has 8 heteroatoms. The van der Waals surface area contributed by atoms with Crippen molar-refractivity contribution in [3.05, 3.63) is 52.7 Å². The fraction of sp³-hybridized carbons (Fsp3) is 0.524. The van der Waals surface area contributed by atoms with E-state index in [1.54, 1.807) is 31.8 Å². The molecule has 0 aliphatic carbocycles. The van der Waals surface area contributed by atoms with Gasteiger partial charge in [0.25, 0.3) is 5.56 Å². The minimum absolute atomic E-state index is 0.0617. The fourth-order valence-electron chi connectivity index (χ4n) is 3.65. The summed E-state index contributed by atoms with van der Waals surface area (Å²) in [7, 11) is 3.55. The van der Waals surface area contributed by atoms with E-state index in [4.69, 9.17) is 4.74 Å². The van der Waals surface area contributed by atoms with Gasteiger partial charge in [0.2, 0.25) is 5.91 Å². The van der Waals surface area contributed by atoms with Gasteiger partial charge in [-0.1, -0.05) is 6.07 Å². The predicted molar refractivity (Wildman–Crippen MR) is 111 cm³/mol. The summed E-state index contributed by atoms with van der Waals surface area (Å²) < 4.78 is 6.60. The van der Waals surface area contributed by atoms with Crippen LogP contribution in [0.2, 0.25) is 0 Å². The highest BCUT2D eigenvalue weighted by atomic mass is 16.5. The third-order valence-corrected chi connectivity index (χ3v) is 5.49. The molecule has 0 aromatic carbocycles. The smallest absolute Gasteiger partial charge is 0.269 e. The first-order chi connectivity index (χ1) is 14.0. The Morgan fingerprint density at radius 2 is 2.24 bits per heavy atom. The number of carbonyl (C=O) groups is 1. The third kappa shape index (κ3) is 5.00. The molecule has 0 spiro atoms. The second kappa shape index (κ2) is 9.65. The monoisotopic (exact) mass is 399 g/mol. The number of nitrogens with zero attached hydrogens (tertiary/aromatic N) is 5. The van der Waals surface area contributed by atoms with E-state index in [-0.39, 0.29) is 23.4 Å². The molecule has 156 valence electrons. The van der Waals surface area contributed by atoms with Crippen molar-refractivity contribution in [1.29, 1.82) is 0 Å². The molecule has 0 saturated carbocycles. The van der Waals surface area contributed by atoms with Gasteiger partial charge in [-0.05, 0) is 31.4 Å². The fourth-order valence-corrected chi connectivity index (χ4v) is 3.65. The Morgan fingerprint density at radius 1 is 1.41 bits per heavy atom. The Kier molecular flexibility index (Phi) is 6.98. The van der Waals surface area contributed by atoms with Crippen LogP contribution in [0, 0.1) is 0 Å². The van der Waals surface area contributed by atoms with E-state index in [2.05, 4.69) is 10.1 Å². The molecule has 0 bridgehead atoms. The highest BCUT2D eigenvalue weighted by Crippen LogP contribution is 2.24. The van der Waals surface area contributed by atoms with E-state index in [9.17, 15) is 9.59 Å². The van der Waals surface area contributed by atoms with Crippen molar-refractivity contribution >= 4 is 11.6 Å². The number of anilines is 1. The molecular weight excluding hydrogens is 370 g/mol. The lowest BCUT2D eigenvalue weighted by Crippen LogP contribution is -2.45. The Labute approximate surface area is 171 Å². The number of likely N-dealkylation sites (tertiary alicyclic amines) is 1. The largest absolute Gasteiger partial charge is 0.383 e. The number of amides is 1. The predicted octanol–water partition coefficient (Wildman–Crippen LogP) is 1.69. The van der Waals surface area contributed by atoms with Crippen molar-refractivity contribution in [2.75, 3.05) is 45.3 Å². The van der Waals surface area contributed by atoms with Crippen LogP contribution < -0.4 is 10.5 Å². The van der Waals surface area contributed by atoms with Crippen LogP contribution in [0.4, 0.5) is 5.69 Å². The summed E-state index contributed by atoms with van der Waals surface area (Å²) >= 11 is 0. The van der Waals surface area contributed by atoms with Crippen molar-refractivity contribution < 1.29 is 9.53 Å². The van der Waals surface area contributed by atoms with Crippen molar-refractivity contribution in [2.24, 2.45) is 0 Å². The van der Waals surface area contributed by atoms with Crippen LogP contribution in [-0.4, -0.2) is 66.0 Å². The van der Waals surface area contributed by atoms with Gasteiger partial charge in [-0.15, -0.1) is 0 Å². The average molecular weight is 399 g/mol. The summed E-state index contributed by atoms with van der Waals surface area (Å²) in [5.74, 6) is -0.199. The second-order valence-corrected chi connectivity index (χ2v) is 7.50. The zero-order valence-corrected chi connectivity index (χ0v) is 17.3. The van der Waals surface area contributed by atoms with E-state index in [0.29, 0.717) is 26.2 Å². The highest BCUT2D eigenvalue weighted by Gasteiger charge is 2.29. The summed E-state index contributed by atoms with van der Waals surface area (Å²) in [4.78, 5) is 33.6. The van der Waals surface area contributed by atoms with Crippen LogP contribution in [0.1, 0.15) is 37.3 Å².